The predicted octanol–water partition coefficient (Wildman–Crippen LogP) is 3.91. The molecule has 5 heteroatoms. The molecule has 0 radical (unpaired) electrons. The number of nitrogens with zero attached hydrogens (tertiary/aromatic N) is 1. The molecule has 1 saturated heterocycles. The third kappa shape index (κ3) is 4.61. The highest BCUT2D eigenvalue weighted by Crippen LogP contribution is 2.30. The Bertz CT molecular complexity index is 743. The van der Waals surface area contributed by atoms with Crippen molar-refractivity contribution in [3.63, 3.8) is 0 Å². The number of methoxy groups -OCH3 is 1. The second-order valence-corrected chi connectivity index (χ2v) is 8.09. The topological polar surface area (TPSA) is 41.6 Å². The molecule has 0 spiro atoms. The van der Waals surface area contributed by atoms with Crippen LogP contribution in [0.3, 0.4) is 0 Å². The van der Waals surface area contributed by atoms with Gasteiger partial charge in [-0.15, -0.1) is 11.3 Å². The van der Waals surface area contributed by atoms with Crippen LogP contribution in [0, 0.1) is 0 Å². The molecule has 1 amide bonds. The summed E-state index contributed by atoms with van der Waals surface area (Å²) in [4.78, 5) is 15.3. The zero-order valence-corrected chi connectivity index (χ0v) is 16.0. The van der Waals surface area contributed by atoms with Gasteiger partial charge >= 0.3 is 0 Å². The van der Waals surface area contributed by atoms with E-state index in [2.05, 4.69) is 40.7 Å². The van der Waals surface area contributed by atoms with Crippen LogP contribution in [0.15, 0.2) is 35.7 Å². The molecular formula is C20H26N2O2S. The summed E-state index contributed by atoms with van der Waals surface area (Å²) in [6, 6.07) is 10.4. The van der Waals surface area contributed by atoms with E-state index in [1.807, 2.05) is 12.1 Å². The molecule has 4 nitrogen and oxygen atoms in total. The van der Waals surface area contributed by atoms with Crippen molar-refractivity contribution in [3.8, 4) is 16.9 Å². The molecule has 1 aliphatic rings. The van der Waals surface area contributed by atoms with Crippen LogP contribution in [0.25, 0.3) is 11.1 Å². The quantitative estimate of drug-likeness (QED) is 0.881. The van der Waals surface area contributed by atoms with Crippen LogP contribution in [-0.4, -0.2) is 36.5 Å². The van der Waals surface area contributed by atoms with Crippen molar-refractivity contribution in [3.05, 3.63) is 40.6 Å². The van der Waals surface area contributed by atoms with Crippen LogP contribution < -0.4 is 10.1 Å². The lowest BCUT2D eigenvalue weighted by Gasteiger charge is -2.40. The van der Waals surface area contributed by atoms with Gasteiger partial charge < -0.3 is 10.1 Å². The van der Waals surface area contributed by atoms with Gasteiger partial charge in [-0.05, 0) is 61.0 Å². The normalized spacial score (nSPS) is 21.1. The zero-order chi connectivity index (χ0) is 17.9. The monoisotopic (exact) mass is 358 g/mol. The van der Waals surface area contributed by atoms with E-state index < -0.39 is 0 Å². The van der Waals surface area contributed by atoms with Gasteiger partial charge in [-0.3, -0.25) is 9.69 Å². The van der Waals surface area contributed by atoms with Crippen LogP contribution in [0.5, 0.6) is 5.75 Å². The van der Waals surface area contributed by atoms with Gasteiger partial charge in [0.15, 0.2) is 0 Å². The maximum atomic E-state index is 11.5. The third-order valence-electron chi connectivity index (χ3n) is 4.69. The zero-order valence-electron chi connectivity index (χ0n) is 15.2. The van der Waals surface area contributed by atoms with Gasteiger partial charge in [0, 0.05) is 30.4 Å². The van der Waals surface area contributed by atoms with Crippen molar-refractivity contribution in [1.29, 1.82) is 0 Å². The standard InChI is InChI=1S/C20H26N2O2S/c1-15(23)21-20(2)8-5-9-22(14-20)12-19-11-17(13-25-19)16-6-4-7-18(10-16)24-3/h4,6-7,10-11,13H,5,8-9,12,14H2,1-3H3,(H,21,23). The van der Waals surface area contributed by atoms with E-state index in [0.717, 1.165) is 38.2 Å². The minimum absolute atomic E-state index is 0.0563. The van der Waals surface area contributed by atoms with Gasteiger partial charge in [0.05, 0.1) is 7.11 Å². The lowest BCUT2D eigenvalue weighted by Crippen LogP contribution is -2.56. The number of likely N-dealkylation sites (tertiary alicyclic amines) is 1. The Morgan fingerprint density at radius 3 is 2.96 bits per heavy atom. The molecule has 1 atom stereocenters. The van der Waals surface area contributed by atoms with Crippen molar-refractivity contribution in [2.75, 3.05) is 20.2 Å². The van der Waals surface area contributed by atoms with Gasteiger partial charge in [0.25, 0.3) is 0 Å². The first kappa shape index (κ1) is 18.0. The van der Waals surface area contributed by atoms with E-state index in [1.165, 1.54) is 16.0 Å². The van der Waals surface area contributed by atoms with E-state index in [0.29, 0.717) is 0 Å². The Balaban J connectivity index is 1.67. The Morgan fingerprint density at radius 2 is 2.20 bits per heavy atom. The number of nitrogens with one attached hydrogen (secondary N) is 1. The van der Waals surface area contributed by atoms with E-state index in [-0.39, 0.29) is 11.4 Å². The van der Waals surface area contributed by atoms with E-state index >= 15 is 0 Å². The Morgan fingerprint density at radius 1 is 1.36 bits per heavy atom. The van der Waals surface area contributed by atoms with E-state index in [4.69, 9.17) is 4.74 Å². The fraction of sp³-hybridized carbons (Fsp3) is 0.450. The van der Waals surface area contributed by atoms with Crippen molar-refractivity contribution >= 4 is 17.2 Å². The molecule has 2 heterocycles. The van der Waals surface area contributed by atoms with Gasteiger partial charge in [-0.2, -0.15) is 0 Å². The highest BCUT2D eigenvalue weighted by Gasteiger charge is 2.31. The predicted molar refractivity (Wildman–Crippen MR) is 103 cm³/mol. The smallest absolute Gasteiger partial charge is 0.217 e. The summed E-state index contributed by atoms with van der Waals surface area (Å²) in [5.74, 6) is 0.938. The lowest BCUT2D eigenvalue weighted by atomic mass is 9.91. The average molecular weight is 359 g/mol. The summed E-state index contributed by atoms with van der Waals surface area (Å²) in [7, 11) is 1.70. The first-order valence-corrected chi connectivity index (χ1v) is 9.58. The number of piperidine rings is 1. The highest BCUT2D eigenvalue weighted by molar-refractivity contribution is 7.10. The molecule has 25 heavy (non-hydrogen) atoms. The van der Waals surface area contributed by atoms with Crippen molar-refractivity contribution < 1.29 is 9.53 Å². The van der Waals surface area contributed by atoms with Crippen LogP contribution in [0.1, 0.15) is 31.6 Å². The third-order valence-corrected chi connectivity index (χ3v) is 5.61. The van der Waals surface area contributed by atoms with Crippen LogP contribution in [-0.2, 0) is 11.3 Å². The maximum Gasteiger partial charge on any atom is 0.217 e. The summed E-state index contributed by atoms with van der Waals surface area (Å²) in [6.45, 7) is 6.67. The van der Waals surface area contributed by atoms with E-state index in [1.54, 1.807) is 25.4 Å². The van der Waals surface area contributed by atoms with Crippen LogP contribution in [0.2, 0.25) is 0 Å². The molecule has 134 valence electrons. The first-order valence-electron chi connectivity index (χ1n) is 8.70. The van der Waals surface area contributed by atoms with Gasteiger partial charge in [0.1, 0.15) is 5.75 Å². The second kappa shape index (κ2) is 7.58. The van der Waals surface area contributed by atoms with Gasteiger partial charge in [-0.25, -0.2) is 0 Å². The number of ether oxygens (including phenoxy) is 1. The molecule has 0 aliphatic carbocycles. The Labute approximate surface area is 153 Å². The highest BCUT2D eigenvalue weighted by atomic mass is 32.1. The summed E-state index contributed by atoms with van der Waals surface area (Å²) in [5, 5.41) is 5.34. The number of amides is 1. The molecule has 1 N–H and O–H groups in total. The van der Waals surface area contributed by atoms with Crippen molar-refractivity contribution in [2.24, 2.45) is 0 Å². The summed E-state index contributed by atoms with van der Waals surface area (Å²) in [6.07, 6.45) is 2.16. The molecule has 2 aromatic rings. The molecular weight excluding hydrogens is 332 g/mol. The van der Waals surface area contributed by atoms with Gasteiger partial charge in [-0.1, -0.05) is 12.1 Å². The molecule has 1 aromatic carbocycles. The maximum absolute atomic E-state index is 11.5. The number of thiophene rings is 1. The Hall–Kier alpha value is -1.85. The van der Waals surface area contributed by atoms with Crippen molar-refractivity contribution in [2.45, 2.75) is 38.8 Å². The minimum Gasteiger partial charge on any atom is -0.497 e. The van der Waals surface area contributed by atoms with Crippen LogP contribution in [0.4, 0.5) is 0 Å². The second-order valence-electron chi connectivity index (χ2n) is 7.09. The van der Waals surface area contributed by atoms with Gasteiger partial charge in [0.2, 0.25) is 5.91 Å². The largest absolute Gasteiger partial charge is 0.497 e. The first-order chi connectivity index (χ1) is 12.0. The lowest BCUT2D eigenvalue weighted by molar-refractivity contribution is -0.121. The number of hydrogen-bond acceptors (Lipinski definition) is 4. The molecule has 1 fully saturated rings. The number of rotatable bonds is 5. The average Bonchev–Trinajstić information content (AvgIpc) is 3.02. The summed E-state index contributed by atoms with van der Waals surface area (Å²) < 4.78 is 5.32. The molecule has 3 rings (SSSR count). The van der Waals surface area contributed by atoms with Crippen molar-refractivity contribution in [1.82, 2.24) is 10.2 Å². The Kier molecular flexibility index (Phi) is 5.45. The summed E-state index contributed by atoms with van der Waals surface area (Å²) in [5.41, 5.74) is 2.31. The fourth-order valence-electron chi connectivity index (χ4n) is 3.64. The molecule has 1 aliphatic heterocycles. The minimum atomic E-state index is -0.114. The SMILES string of the molecule is COc1cccc(-c2csc(CN3CCCC(C)(NC(C)=O)C3)c2)c1. The molecule has 0 bridgehead atoms. The number of benzene rings is 1. The molecule has 0 saturated carbocycles. The molecule has 1 unspecified atom stereocenters. The summed E-state index contributed by atoms with van der Waals surface area (Å²) >= 11 is 1.80. The number of carbonyl (C=O) groups is 1. The van der Waals surface area contributed by atoms with Crippen LogP contribution >= 0.6 is 11.3 Å². The number of hydrogen-bond donors (Lipinski definition) is 1. The fourth-order valence-corrected chi connectivity index (χ4v) is 4.58. The number of carbonyl (C=O) groups excluding carboxylic acids is 1. The van der Waals surface area contributed by atoms with E-state index in [9.17, 15) is 4.79 Å². The molecule has 1 aromatic heterocycles.